The van der Waals surface area contributed by atoms with Gasteiger partial charge in [0.2, 0.25) is 0 Å². The van der Waals surface area contributed by atoms with Crippen molar-refractivity contribution in [1.82, 2.24) is 10.2 Å². The van der Waals surface area contributed by atoms with Crippen LogP contribution in [-0.2, 0) is 0 Å². The fraction of sp³-hybridized carbons (Fsp3) is 0.615. The lowest BCUT2D eigenvalue weighted by atomic mass is 9.78. The zero-order chi connectivity index (χ0) is 12.6. The van der Waals surface area contributed by atoms with E-state index in [2.05, 4.69) is 21.2 Å². The minimum atomic E-state index is 0.209. The lowest BCUT2D eigenvalue weighted by Gasteiger charge is -2.33. The second kappa shape index (κ2) is 4.94. The summed E-state index contributed by atoms with van der Waals surface area (Å²) in [6.07, 6.45) is 3.60. The number of halogens is 1. The first-order valence-corrected chi connectivity index (χ1v) is 8.05. The van der Waals surface area contributed by atoms with Crippen LogP contribution in [0.5, 0.6) is 0 Å². The van der Waals surface area contributed by atoms with E-state index in [1.807, 2.05) is 17.0 Å². The number of rotatable bonds is 1. The number of carbonyl (C=O) groups is 1. The van der Waals surface area contributed by atoms with Gasteiger partial charge in [0.25, 0.3) is 5.91 Å². The molecule has 3 nitrogen and oxygen atoms in total. The molecule has 0 aliphatic carbocycles. The molecule has 2 aliphatic rings. The molecule has 2 fully saturated rings. The van der Waals surface area contributed by atoms with Gasteiger partial charge in [0, 0.05) is 13.1 Å². The fourth-order valence-corrected chi connectivity index (χ4v) is 4.41. The van der Waals surface area contributed by atoms with Crippen molar-refractivity contribution in [3.8, 4) is 0 Å². The number of piperidine rings is 1. The van der Waals surface area contributed by atoms with Gasteiger partial charge in [-0.25, -0.2) is 0 Å². The molecule has 1 N–H and O–H groups in total. The SMILES string of the molecule is O=C(c1ccc(Br)s1)N1CCC2(CCNCC2)C1. The molecule has 1 aromatic rings. The summed E-state index contributed by atoms with van der Waals surface area (Å²) >= 11 is 4.95. The van der Waals surface area contributed by atoms with Gasteiger partial charge in [-0.3, -0.25) is 4.79 Å². The van der Waals surface area contributed by atoms with E-state index >= 15 is 0 Å². The molecule has 3 rings (SSSR count). The summed E-state index contributed by atoms with van der Waals surface area (Å²) in [4.78, 5) is 15.3. The molecule has 0 aromatic carbocycles. The van der Waals surface area contributed by atoms with Crippen LogP contribution in [0.1, 0.15) is 28.9 Å². The lowest BCUT2D eigenvalue weighted by Crippen LogP contribution is -2.39. The Bertz CT molecular complexity index is 454. The number of hydrogen-bond donors (Lipinski definition) is 1. The van der Waals surface area contributed by atoms with Crippen molar-refractivity contribution in [2.45, 2.75) is 19.3 Å². The predicted octanol–water partition coefficient (Wildman–Crippen LogP) is 2.73. The van der Waals surface area contributed by atoms with E-state index in [4.69, 9.17) is 0 Å². The second-order valence-corrected chi connectivity index (χ2v) is 7.79. The number of carbonyl (C=O) groups excluding carboxylic acids is 1. The summed E-state index contributed by atoms with van der Waals surface area (Å²) in [5.41, 5.74) is 0.398. The zero-order valence-electron chi connectivity index (χ0n) is 10.2. The van der Waals surface area contributed by atoms with Crippen LogP contribution >= 0.6 is 27.3 Å². The van der Waals surface area contributed by atoms with E-state index in [0.29, 0.717) is 5.41 Å². The summed E-state index contributed by atoms with van der Waals surface area (Å²) in [7, 11) is 0. The van der Waals surface area contributed by atoms with Gasteiger partial charge in [-0.1, -0.05) is 0 Å². The Hall–Kier alpha value is -0.390. The summed E-state index contributed by atoms with van der Waals surface area (Å²) in [5.74, 6) is 0.209. The van der Waals surface area contributed by atoms with E-state index in [-0.39, 0.29) is 5.91 Å². The van der Waals surface area contributed by atoms with Crippen LogP contribution in [-0.4, -0.2) is 37.0 Å². The van der Waals surface area contributed by atoms with Crippen molar-refractivity contribution in [3.05, 3.63) is 20.8 Å². The van der Waals surface area contributed by atoms with Crippen LogP contribution in [0, 0.1) is 5.41 Å². The van der Waals surface area contributed by atoms with Crippen molar-refractivity contribution < 1.29 is 4.79 Å². The first-order valence-electron chi connectivity index (χ1n) is 6.44. The van der Waals surface area contributed by atoms with E-state index in [0.717, 1.165) is 34.8 Å². The van der Waals surface area contributed by atoms with Crippen LogP contribution in [0.25, 0.3) is 0 Å². The highest BCUT2D eigenvalue weighted by Crippen LogP contribution is 2.39. The lowest BCUT2D eigenvalue weighted by molar-refractivity contribution is 0.0766. The Labute approximate surface area is 120 Å². The first kappa shape index (κ1) is 12.6. The molecule has 1 aromatic heterocycles. The molecule has 2 saturated heterocycles. The van der Waals surface area contributed by atoms with Crippen LogP contribution in [0.15, 0.2) is 15.9 Å². The normalized spacial score (nSPS) is 22.6. The smallest absolute Gasteiger partial charge is 0.263 e. The van der Waals surface area contributed by atoms with Crippen LogP contribution in [0.3, 0.4) is 0 Å². The van der Waals surface area contributed by atoms with Gasteiger partial charge >= 0.3 is 0 Å². The Kier molecular flexibility index (Phi) is 3.47. The van der Waals surface area contributed by atoms with Crippen molar-refractivity contribution >= 4 is 33.2 Å². The average Bonchev–Trinajstić information content (AvgIpc) is 2.97. The molecule has 1 amide bonds. The second-order valence-electron chi connectivity index (χ2n) is 5.33. The topological polar surface area (TPSA) is 32.3 Å². The summed E-state index contributed by atoms with van der Waals surface area (Å²) in [5, 5.41) is 3.41. The van der Waals surface area contributed by atoms with Gasteiger partial charge in [0.1, 0.15) is 0 Å². The molecule has 0 atom stereocenters. The maximum atomic E-state index is 12.4. The Morgan fingerprint density at radius 2 is 2.11 bits per heavy atom. The standard InChI is InChI=1S/C13H17BrN2OS/c14-11-2-1-10(18-11)12(17)16-8-5-13(9-16)3-6-15-7-4-13/h1-2,15H,3-9H2. The molecular formula is C13H17BrN2OS. The molecule has 3 heterocycles. The number of nitrogens with one attached hydrogen (secondary N) is 1. The quantitative estimate of drug-likeness (QED) is 0.859. The van der Waals surface area contributed by atoms with Gasteiger partial charge < -0.3 is 10.2 Å². The van der Waals surface area contributed by atoms with Crippen LogP contribution < -0.4 is 5.32 Å². The van der Waals surface area contributed by atoms with Crippen LogP contribution in [0.2, 0.25) is 0 Å². The first-order chi connectivity index (χ1) is 8.69. The summed E-state index contributed by atoms with van der Waals surface area (Å²) in [6.45, 7) is 4.08. The van der Waals surface area contributed by atoms with E-state index in [1.54, 1.807) is 0 Å². The highest BCUT2D eigenvalue weighted by molar-refractivity contribution is 9.11. The molecule has 0 radical (unpaired) electrons. The summed E-state index contributed by atoms with van der Waals surface area (Å²) in [6, 6.07) is 3.87. The van der Waals surface area contributed by atoms with Gasteiger partial charge in [-0.05, 0) is 65.8 Å². The third kappa shape index (κ3) is 2.36. The number of hydrogen-bond acceptors (Lipinski definition) is 3. The third-order valence-electron chi connectivity index (χ3n) is 4.17. The third-order valence-corrected chi connectivity index (χ3v) is 5.79. The van der Waals surface area contributed by atoms with E-state index < -0.39 is 0 Å². The van der Waals surface area contributed by atoms with Crippen molar-refractivity contribution in [3.63, 3.8) is 0 Å². The highest BCUT2D eigenvalue weighted by Gasteiger charge is 2.40. The molecule has 0 unspecified atom stereocenters. The maximum Gasteiger partial charge on any atom is 0.263 e. The van der Waals surface area contributed by atoms with Gasteiger partial charge in [0.15, 0.2) is 0 Å². The number of thiophene rings is 1. The van der Waals surface area contributed by atoms with Gasteiger partial charge in [-0.15, -0.1) is 11.3 Å². The number of amides is 1. The Morgan fingerprint density at radius 1 is 1.33 bits per heavy atom. The Morgan fingerprint density at radius 3 is 2.78 bits per heavy atom. The van der Waals surface area contributed by atoms with Crippen molar-refractivity contribution in [1.29, 1.82) is 0 Å². The van der Waals surface area contributed by atoms with Crippen molar-refractivity contribution in [2.75, 3.05) is 26.2 Å². The predicted molar refractivity (Wildman–Crippen MR) is 77.1 cm³/mol. The molecular weight excluding hydrogens is 312 g/mol. The van der Waals surface area contributed by atoms with Crippen LogP contribution in [0.4, 0.5) is 0 Å². The minimum Gasteiger partial charge on any atom is -0.337 e. The fourth-order valence-electron chi connectivity index (χ4n) is 3.06. The molecule has 0 saturated carbocycles. The highest BCUT2D eigenvalue weighted by atomic mass is 79.9. The molecule has 2 aliphatic heterocycles. The zero-order valence-corrected chi connectivity index (χ0v) is 12.6. The van der Waals surface area contributed by atoms with E-state index in [9.17, 15) is 4.79 Å². The summed E-state index contributed by atoms with van der Waals surface area (Å²) < 4.78 is 1.03. The molecule has 0 bridgehead atoms. The molecule has 98 valence electrons. The van der Waals surface area contributed by atoms with Crippen molar-refractivity contribution in [2.24, 2.45) is 5.41 Å². The monoisotopic (exact) mass is 328 g/mol. The van der Waals surface area contributed by atoms with E-state index in [1.165, 1.54) is 30.6 Å². The average molecular weight is 329 g/mol. The molecule has 1 spiro atoms. The largest absolute Gasteiger partial charge is 0.337 e. The Balaban J connectivity index is 1.70. The molecule has 5 heteroatoms. The number of nitrogens with zero attached hydrogens (tertiary/aromatic N) is 1. The molecule has 18 heavy (non-hydrogen) atoms. The van der Waals surface area contributed by atoms with Gasteiger partial charge in [-0.2, -0.15) is 0 Å². The maximum absolute atomic E-state index is 12.4. The van der Waals surface area contributed by atoms with Gasteiger partial charge in [0.05, 0.1) is 8.66 Å². The minimum absolute atomic E-state index is 0.209. The number of likely N-dealkylation sites (tertiary alicyclic amines) is 1.